The topological polar surface area (TPSA) is 55.8 Å². The number of likely N-dealkylation sites (N-methyl/N-ethyl adjacent to an activating group) is 1. The number of nitrogens with zero attached hydrogens (tertiary/aromatic N) is 2. The van der Waals surface area contributed by atoms with Crippen molar-refractivity contribution in [1.82, 2.24) is 15.1 Å². The minimum atomic E-state index is -0.774. The molecule has 2 N–H and O–H groups in total. The van der Waals surface area contributed by atoms with E-state index in [1.165, 1.54) is 32.5 Å². The first-order valence-corrected chi connectivity index (χ1v) is 8.00. The summed E-state index contributed by atoms with van der Waals surface area (Å²) in [7, 11) is 0. The van der Waals surface area contributed by atoms with Gasteiger partial charge in [0.15, 0.2) is 0 Å². The third-order valence-electron chi connectivity index (χ3n) is 4.86. The summed E-state index contributed by atoms with van der Waals surface area (Å²) < 4.78 is 0. The Hall–Kier alpha value is -0.650. The maximum absolute atomic E-state index is 11.4. The van der Waals surface area contributed by atoms with Crippen LogP contribution in [0.25, 0.3) is 0 Å². The van der Waals surface area contributed by atoms with Crippen molar-refractivity contribution in [2.75, 3.05) is 39.3 Å². The van der Waals surface area contributed by atoms with Crippen molar-refractivity contribution in [2.24, 2.45) is 0 Å². The summed E-state index contributed by atoms with van der Waals surface area (Å²) in [5.74, 6) is -0.736. The van der Waals surface area contributed by atoms with Gasteiger partial charge in [0.05, 0.1) is 0 Å². The molecule has 2 aliphatic heterocycles. The van der Waals surface area contributed by atoms with Gasteiger partial charge in [-0.25, -0.2) is 0 Å². The second-order valence-corrected chi connectivity index (χ2v) is 6.40. The molecule has 2 heterocycles. The lowest BCUT2D eigenvalue weighted by Crippen LogP contribution is -2.52. The Balaban J connectivity index is 1.73. The Kier molecular flexibility index (Phi) is 5.41. The summed E-state index contributed by atoms with van der Waals surface area (Å²) >= 11 is 0. The van der Waals surface area contributed by atoms with E-state index < -0.39 is 11.5 Å². The Bertz CT molecular complexity index is 337. The van der Waals surface area contributed by atoms with Crippen LogP contribution in [0.1, 0.15) is 39.5 Å². The fourth-order valence-electron chi connectivity index (χ4n) is 3.58. The summed E-state index contributed by atoms with van der Waals surface area (Å²) in [5, 5.41) is 12.4. The number of rotatable bonds is 7. The van der Waals surface area contributed by atoms with Crippen LogP contribution in [0.2, 0.25) is 0 Å². The molecule has 5 heteroatoms. The van der Waals surface area contributed by atoms with Crippen molar-refractivity contribution < 1.29 is 9.90 Å². The summed E-state index contributed by atoms with van der Waals surface area (Å²) in [6.07, 6.45) is 4.32. The highest BCUT2D eigenvalue weighted by Gasteiger charge is 2.33. The Morgan fingerprint density at radius 3 is 2.90 bits per heavy atom. The van der Waals surface area contributed by atoms with Crippen molar-refractivity contribution in [3.05, 3.63) is 0 Å². The van der Waals surface area contributed by atoms with E-state index in [2.05, 4.69) is 15.1 Å². The SMILES string of the molecule is CCNC(C)(CCCN1CCN2CCCC2C1)C(=O)O. The minimum absolute atomic E-state index is 0.695. The molecule has 0 aromatic rings. The van der Waals surface area contributed by atoms with Gasteiger partial charge in [-0.1, -0.05) is 6.92 Å². The zero-order valence-electron chi connectivity index (χ0n) is 12.9. The molecule has 116 valence electrons. The molecule has 5 nitrogen and oxygen atoms in total. The van der Waals surface area contributed by atoms with Gasteiger partial charge in [-0.15, -0.1) is 0 Å². The number of piperazine rings is 1. The van der Waals surface area contributed by atoms with Crippen LogP contribution in [0, 0.1) is 0 Å². The standard InChI is InChI=1S/C15H29N3O2/c1-3-16-15(2,14(19)20)7-5-8-17-10-11-18-9-4-6-13(18)12-17/h13,16H,3-12H2,1-2H3,(H,19,20). The van der Waals surface area contributed by atoms with E-state index in [9.17, 15) is 9.90 Å². The van der Waals surface area contributed by atoms with Crippen LogP contribution in [0.4, 0.5) is 0 Å². The third kappa shape index (κ3) is 3.71. The number of hydrogen-bond acceptors (Lipinski definition) is 4. The van der Waals surface area contributed by atoms with Crippen molar-refractivity contribution in [3.63, 3.8) is 0 Å². The van der Waals surface area contributed by atoms with Crippen LogP contribution < -0.4 is 5.32 Å². The third-order valence-corrected chi connectivity index (χ3v) is 4.86. The minimum Gasteiger partial charge on any atom is -0.480 e. The van der Waals surface area contributed by atoms with Crippen LogP contribution in [-0.4, -0.2) is 71.7 Å². The molecular formula is C15H29N3O2. The molecule has 0 aromatic heterocycles. The Morgan fingerprint density at radius 2 is 2.20 bits per heavy atom. The van der Waals surface area contributed by atoms with Gasteiger partial charge in [0.2, 0.25) is 0 Å². The first kappa shape index (κ1) is 15.7. The maximum Gasteiger partial charge on any atom is 0.323 e. The average Bonchev–Trinajstić information content (AvgIpc) is 2.86. The first-order valence-electron chi connectivity index (χ1n) is 8.00. The number of carbonyl (C=O) groups is 1. The quantitative estimate of drug-likeness (QED) is 0.730. The number of nitrogens with one attached hydrogen (secondary N) is 1. The smallest absolute Gasteiger partial charge is 0.323 e. The maximum atomic E-state index is 11.4. The zero-order chi connectivity index (χ0) is 14.6. The van der Waals surface area contributed by atoms with E-state index in [4.69, 9.17) is 0 Å². The lowest BCUT2D eigenvalue weighted by Gasteiger charge is -2.38. The molecule has 20 heavy (non-hydrogen) atoms. The number of fused-ring (bicyclic) bond motifs is 1. The number of carboxylic acids is 1. The summed E-state index contributed by atoms with van der Waals surface area (Å²) in [6, 6.07) is 0.753. The van der Waals surface area contributed by atoms with Crippen molar-refractivity contribution in [3.8, 4) is 0 Å². The Morgan fingerprint density at radius 1 is 1.40 bits per heavy atom. The van der Waals surface area contributed by atoms with E-state index in [1.807, 2.05) is 6.92 Å². The molecule has 2 unspecified atom stereocenters. The van der Waals surface area contributed by atoms with E-state index in [0.29, 0.717) is 13.0 Å². The first-order chi connectivity index (χ1) is 9.55. The molecule has 2 fully saturated rings. The molecular weight excluding hydrogens is 254 g/mol. The van der Waals surface area contributed by atoms with Gasteiger partial charge in [0.1, 0.15) is 5.54 Å². The second-order valence-electron chi connectivity index (χ2n) is 6.40. The van der Waals surface area contributed by atoms with E-state index in [-0.39, 0.29) is 0 Å². The van der Waals surface area contributed by atoms with Gasteiger partial charge in [0, 0.05) is 25.7 Å². The van der Waals surface area contributed by atoms with Gasteiger partial charge in [-0.3, -0.25) is 9.69 Å². The van der Waals surface area contributed by atoms with Crippen LogP contribution in [0.15, 0.2) is 0 Å². The van der Waals surface area contributed by atoms with Gasteiger partial charge in [0.25, 0.3) is 0 Å². The molecule has 0 bridgehead atoms. The van der Waals surface area contributed by atoms with Crippen LogP contribution in [0.5, 0.6) is 0 Å². The molecule has 0 radical (unpaired) electrons. The van der Waals surface area contributed by atoms with E-state index in [1.54, 1.807) is 6.92 Å². The van der Waals surface area contributed by atoms with E-state index >= 15 is 0 Å². The molecule has 2 aliphatic rings. The predicted molar refractivity (Wildman–Crippen MR) is 80.0 cm³/mol. The van der Waals surface area contributed by atoms with Gasteiger partial charge in [-0.2, -0.15) is 0 Å². The predicted octanol–water partition coefficient (Wildman–Crippen LogP) is 0.999. The lowest BCUT2D eigenvalue weighted by molar-refractivity contribution is -0.144. The fourth-order valence-corrected chi connectivity index (χ4v) is 3.58. The summed E-state index contributed by atoms with van der Waals surface area (Å²) in [6.45, 7) is 10.3. The molecule has 0 spiro atoms. The highest BCUT2D eigenvalue weighted by Crippen LogP contribution is 2.22. The van der Waals surface area contributed by atoms with E-state index in [0.717, 1.165) is 25.6 Å². The van der Waals surface area contributed by atoms with Crippen molar-refractivity contribution >= 4 is 5.97 Å². The normalized spacial score (nSPS) is 27.2. The molecule has 2 rings (SSSR count). The molecule has 2 saturated heterocycles. The average molecular weight is 283 g/mol. The second kappa shape index (κ2) is 6.87. The number of carboxylic acid groups (broad SMARTS) is 1. The van der Waals surface area contributed by atoms with Gasteiger partial charge >= 0.3 is 5.97 Å². The van der Waals surface area contributed by atoms with Crippen LogP contribution in [-0.2, 0) is 4.79 Å². The van der Waals surface area contributed by atoms with Crippen LogP contribution in [0.3, 0.4) is 0 Å². The highest BCUT2D eigenvalue weighted by atomic mass is 16.4. The molecule has 0 amide bonds. The Labute approximate surface area is 122 Å². The summed E-state index contributed by atoms with van der Waals surface area (Å²) in [4.78, 5) is 16.5. The lowest BCUT2D eigenvalue weighted by atomic mass is 9.95. The largest absolute Gasteiger partial charge is 0.480 e. The summed E-state index contributed by atoms with van der Waals surface area (Å²) in [5.41, 5.74) is -0.774. The zero-order valence-corrected chi connectivity index (χ0v) is 12.9. The number of hydrogen-bond donors (Lipinski definition) is 2. The van der Waals surface area contributed by atoms with Crippen LogP contribution >= 0.6 is 0 Å². The molecule has 0 saturated carbocycles. The molecule has 0 aliphatic carbocycles. The monoisotopic (exact) mass is 283 g/mol. The van der Waals surface area contributed by atoms with Crippen molar-refractivity contribution in [2.45, 2.75) is 51.1 Å². The molecule has 0 aromatic carbocycles. The van der Waals surface area contributed by atoms with Crippen molar-refractivity contribution in [1.29, 1.82) is 0 Å². The fraction of sp³-hybridized carbons (Fsp3) is 0.933. The molecule has 2 atom stereocenters. The number of aliphatic carboxylic acids is 1. The highest BCUT2D eigenvalue weighted by molar-refractivity contribution is 5.78. The van der Waals surface area contributed by atoms with Gasteiger partial charge in [-0.05, 0) is 52.2 Å². The van der Waals surface area contributed by atoms with Gasteiger partial charge < -0.3 is 15.3 Å².